The van der Waals surface area contributed by atoms with Gasteiger partial charge in [-0.25, -0.2) is 0 Å². The van der Waals surface area contributed by atoms with Gasteiger partial charge in [0.15, 0.2) is 0 Å². The van der Waals surface area contributed by atoms with Crippen molar-refractivity contribution in [3.05, 3.63) is 28.8 Å². The summed E-state index contributed by atoms with van der Waals surface area (Å²) in [5, 5.41) is 14.5. The molecule has 190 valence electrons. The van der Waals surface area contributed by atoms with Crippen LogP contribution in [0.1, 0.15) is 56.8 Å². The second-order valence-corrected chi connectivity index (χ2v) is 10.7. The maximum Gasteiger partial charge on any atom is 0.305 e. The lowest BCUT2D eigenvalue weighted by Crippen LogP contribution is -2.61. The largest absolute Gasteiger partial charge is 0.481 e. The van der Waals surface area contributed by atoms with Gasteiger partial charge in [-0.05, 0) is 48.8 Å². The van der Waals surface area contributed by atoms with Gasteiger partial charge >= 0.3 is 5.97 Å². The number of likely N-dealkylation sites (tertiary alicyclic amines) is 1. The Kier molecular flexibility index (Phi) is 7.74. The SMILES string of the molecule is CC(C)(C)[C@H](NC(=O)c1ccc(N)c(Cl)c1)C(=O)N1C2CC[C@@H](C2)C1C(=O)N[C@H](C=O)CC(=O)O. The monoisotopic (exact) mass is 506 g/mol. The van der Waals surface area contributed by atoms with E-state index in [1.165, 1.54) is 23.1 Å². The number of hydrogen-bond donors (Lipinski definition) is 4. The Balaban J connectivity index is 1.84. The zero-order chi connectivity index (χ0) is 26.1. The molecule has 11 heteroatoms. The fourth-order valence-corrected chi connectivity index (χ4v) is 5.09. The molecular weight excluding hydrogens is 476 g/mol. The van der Waals surface area contributed by atoms with Crippen molar-refractivity contribution in [2.75, 3.05) is 5.73 Å². The summed E-state index contributed by atoms with van der Waals surface area (Å²) in [4.78, 5) is 63.7. The van der Waals surface area contributed by atoms with Crippen LogP contribution in [0.15, 0.2) is 18.2 Å². The topological polar surface area (TPSA) is 159 Å². The molecular formula is C24H31ClN4O6. The number of aliphatic carboxylic acids is 1. The quantitative estimate of drug-likeness (QED) is 0.308. The van der Waals surface area contributed by atoms with E-state index in [4.69, 9.17) is 22.4 Å². The number of rotatable bonds is 8. The minimum Gasteiger partial charge on any atom is -0.481 e. The molecule has 1 aromatic carbocycles. The molecule has 3 rings (SSSR count). The van der Waals surface area contributed by atoms with E-state index in [0.29, 0.717) is 18.4 Å². The number of anilines is 1. The Labute approximate surface area is 208 Å². The van der Waals surface area contributed by atoms with Crippen molar-refractivity contribution in [3.8, 4) is 0 Å². The first-order valence-corrected chi connectivity index (χ1v) is 11.9. The van der Waals surface area contributed by atoms with Crippen LogP contribution in [0.4, 0.5) is 5.69 Å². The summed E-state index contributed by atoms with van der Waals surface area (Å²) in [7, 11) is 0. The maximum atomic E-state index is 13.8. The number of benzene rings is 1. The fourth-order valence-electron chi connectivity index (χ4n) is 4.91. The molecule has 0 radical (unpaired) electrons. The van der Waals surface area contributed by atoms with E-state index in [1.54, 1.807) is 0 Å². The molecule has 35 heavy (non-hydrogen) atoms. The minimum atomic E-state index is -1.22. The summed E-state index contributed by atoms with van der Waals surface area (Å²) in [6.07, 6.45) is 1.93. The highest BCUT2D eigenvalue weighted by atomic mass is 35.5. The number of nitrogens with two attached hydrogens (primary N) is 1. The van der Waals surface area contributed by atoms with Crippen molar-refractivity contribution in [1.82, 2.24) is 15.5 Å². The van der Waals surface area contributed by atoms with Gasteiger partial charge in [0.25, 0.3) is 5.91 Å². The molecule has 5 N–H and O–H groups in total. The molecule has 3 amide bonds. The van der Waals surface area contributed by atoms with Crippen molar-refractivity contribution in [2.45, 2.75) is 70.6 Å². The van der Waals surface area contributed by atoms with Gasteiger partial charge in [0, 0.05) is 11.6 Å². The summed E-state index contributed by atoms with van der Waals surface area (Å²) < 4.78 is 0. The molecule has 2 unspecified atom stereocenters. The molecule has 1 aliphatic heterocycles. The summed E-state index contributed by atoms with van der Waals surface area (Å²) in [6, 6.07) is 1.27. The lowest BCUT2D eigenvalue weighted by Gasteiger charge is -2.40. The number of halogens is 1. The van der Waals surface area contributed by atoms with Crippen LogP contribution in [-0.4, -0.2) is 64.2 Å². The summed E-state index contributed by atoms with van der Waals surface area (Å²) in [5.74, 6) is -2.79. The third kappa shape index (κ3) is 5.75. The van der Waals surface area contributed by atoms with Crippen molar-refractivity contribution in [3.63, 3.8) is 0 Å². The summed E-state index contributed by atoms with van der Waals surface area (Å²) in [6.45, 7) is 5.43. The zero-order valence-electron chi connectivity index (χ0n) is 19.9. The van der Waals surface area contributed by atoms with Crippen LogP contribution >= 0.6 is 11.6 Å². The molecule has 1 aromatic rings. The summed E-state index contributed by atoms with van der Waals surface area (Å²) >= 11 is 6.05. The predicted octanol–water partition coefficient (Wildman–Crippen LogP) is 1.60. The molecule has 2 bridgehead atoms. The minimum absolute atomic E-state index is 0.103. The lowest BCUT2D eigenvalue weighted by molar-refractivity contribution is -0.147. The third-order valence-electron chi connectivity index (χ3n) is 6.65. The number of amides is 3. The summed E-state index contributed by atoms with van der Waals surface area (Å²) in [5.41, 5.74) is 5.60. The lowest BCUT2D eigenvalue weighted by atomic mass is 9.84. The Morgan fingerprint density at radius 2 is 1.91 bits per heavy atom. The Bertz CT molecular complexity index is 1040. The Morgan fingerprint density at radius 3 is 2.49 bits per heavy atom. The number of aldehydes is 1. The molecule has 1 aliphatic carbocycles. The number of carbonyl (C=O) groups is 5. The predicted molar refractivity (Wildman–Crippen MR) is 129 cm³/mol. The zero-order valence-corrected chi connectivity index (χ0v) is 20.7. The van der Waals surface area contributed by atoms with E-state index < -0.39 is 53.7 Å². The first-order valence-electron chi connectivity index (χ1n) is 11.5. The third-order valence-corrected chi connectivity index (χ3v) is 6.97. The average Bonchev–Trinajstić information content (AvgIpc) is 3.38. The Morgan fingerprint density at radius 1 is 1.23 bits per heavy atom. The van der Waals surface area contributed by atoms with Crippen LogP contribution in [0.3, 0.4) is 0 Å². The first kappa shape index (κ1) is 26.5. The number of carboxylic acid groups (broad SMARTS) is 1. The maximum absolute atomic E-state index is 13.8. The number of nitrogen functional groups attached to an aromatic ring is 1. The van der Waals surface area contributed by atoms with E-state index in [2.05, 4.69) is 10.6 Å². The highest BCUT2D eigenvalue weighted by Gasteiger charge is 2.53. The highest BCUT2D eigenvalue weighted by molar-refractivity contribution is 6.33. The number of carboxylic acids is 1. The van der Waals surface area contributed by atoms with Crippen LogP contribution in [0.2, 0.25) is 5.02 Å². The van der Waals surface area contributed by atoms with Crippen molar-refractivity contribution < 1.29 is 29.1 Å². The van der Waals surface area contributed by atoms with Crippen LogP contribution in [0, 0.1) is 11.3 Å². The molecule has 1 saturated heterocycles. The molecule has 2 aliphatic rings. The van der Waals surface area contributed by atoms with Crippen LogP contribution in [0.25, 0.3) is 0 Å². The van der Waals surface area contributed by atoms with Crippen LogP contribution in [-0.2, 0) is 19.2 Å². The number of carbonyl (C=O) groups excluding carboxylic acids is 4. The van der Waals surface area contributed by atoms with Gasteiger partial charge < -0.3 is 31.2 Å². The van der Waals surface area contributed by atoms with E-state index in [1.807, 2.05) is 20.8 Å². The van der Waals surface area contributed by atoms with E-state index >= 15 is 0 Å². The standard InChI is InChI=1S/C24H31ClN4O6/c1-24(2,3)20(28-21(33)13-5-7-17(26)16(25)9-13)23(35)29-15-6-4-12(8-15)19(29)22(34)27-14(11-30)10-18(31)32/h5,7,9,11-12,14-15,19-20H,4,6,8,10,26H2,1-3H3,(H,27,34)(H,28,33)(H,31,32)/t12-,14-,15?,19?,20+/m0/s1. The van der Waals surface area contributed by atoms with Crippen molar-refractivity contribution in [2.24, 2.45) is 11.3 Å². The van der Waals surface area contributed by atoms with Gasteiger partial charge in [-0.2, -0.15) is 0 Å². The highest BCUT2D eigenvalue weighted by Crippen LogP contribution is 2.43. The number of piperidine rings is 1. The van der Waals surface area contributed by atoms with Crippen molar-refractivity contribution in [1.29, 1.82) is 0 Å². The van der Waals surface area contributed by atoms with Gasteiger partial charge in [-0.15, -0.1) is 0 Å². The van der Waals surface area contributed by atoms with Crippen molar-refractivity contribution >= 4 is 47.3 Å². The molecule has 5 atom stereocenters. The molecule has 1 heterocycles. The van der Waals surface area contributed by atoms with Gasteiger partial charge in [0.1, 0.15) is 18.4 Å². The van der Waals surface area contributed by atoms with Gasteiger partial charge in [-0.1, -0.05) is 32.4 Å². The van der Waals surface area contributed by atoms with Crippen LogP contribution in [0.5, 0.6) is 0 Å². The van der Waals surface area contributed by atoms with E-state index in [-0.39, 0.29) is 22.5 Å². The van der Waals surface area contributed by atoms with Gasteiger partial charge in [-0.3, -0.25) is 19.2 Å². The van der Waals surface area contributed by atoms with Gasteiger partial charge in [0.2, 0.25) is 11.8 Å². The Hall–Kier alpha value is -3.14. The first-order chi connectivity index (χ1) is 16.3. The second-order valence-electron chi connectivity index (χ2n) is 10.3. The van der Waals surface area contributed by atoms with Crippen LogP contribution < -0.4 is 16.4 Å². The smallest absolute Gasteiger partial charge is 0.305 e. The number of fused-ring (bicyclic) bond motifs is 2. The normalized spacial score (nSPS) is 22.9. The van der Waals surface area contributed by atoms with E-state index in [9.17, 15) is 24.0 Å². The molecule has 0 spiro atoms. The average molecular weight is 507 g/mol. The molecule has 2 fully saturated rings. The number of hydrogen-bond acceptors (Lipinski definition) is 6. The second kappa shape index (κ2) is 10.2. The number of nitrogens with one attached hydrogen (secondary N) is 2. The molecule has 10 nitrogen and oxygen atoms in total. The fraction of sp³-hybridized carbons (Fsp3) is 0.542. The molecule has 1 saturated carbocycles. The van der Waals surface area contributed by atoms with E-state index in [0.717, 1.165) is 12.8 Å². The number of nitrogens with zero attached hydrogens (tertiary/aromatic N) is 1. The van der Waals surface area contributed by atoms with Gasteiger partial charge in [0.05, 0.1) is 23.2 Å². The molecule has 0 aromatic heterocycles.